The first kappa shape index (κ1) is 8.23. The third-order valence-electron chi connectivity index (χ3n) is 1.08. The molecule has 0 unspecified atom stereocenters. The number of carbonyl (C=O) groups excluding carboxylic acids is 1. The predicted octanol–water partition coefficient (Wildman–Crippen LogP) is 1.77. The largest absolute Gasteiger partial charge is 0.300 e. The van der Waals surface area contributed by atoms with E-state index < -0.39 is 0 Å². The number of hydrogen-bond donors (Lipinski definition) is 0. The van der Waals surface area contributed by atoms with E-state index >= 15 is 0 Å². The van der Waals surface area contributed by atoms with Gasteiger partial charge in [0.05, 0.1) is 0 Å². The summed E-state index contributed by atoms with van der Waals surface area (Å²) < 4.78 is 0. The fourth-order valence-electron chi connectivity index (χ4n) is 0.615. The van der Waals surface area contributed by atoms with Gasteiger partial charge < -0.3 is 0 Å². The van der Waals surface area contributed by atoms with Crippen LogP contribution in [0.2, 0.25) is 0 Å². The summed E-state index contributed by atoms with van der Waals surface area (Å²) in [5.74, 6) is 2.72. The Hall–Kier alpha value is -0.770. The van der Waals surface area contributed by atoms with Crippen molar-refractivity contribution in [3.05, 3.63) is 0 Å². The Balaban J connectivity index is 3.19. The first-order chi connectivity index (χ1) is 4.31. The van der Waals surface area contributed by atoms with Gasteiger partial charge in [0.2, 0.25) is 0 Å². The number of ketones is 1. The highest BCUT2D eigenvalue weighted by Crippen LogP contribution is 1.95. The summed E-state index contributed by atoms with van der Waals surface area (Å²) >= 11 is 0. The third-order valence-corrected chi connectivity index (χ3v) is 1.08. The molecular weight excluding hydrogens is 112 g/mol. The molecule has 0 heterocycles. The lowest BCUT2D eigenvalue weighted by Crippen LogP contribution is -1.94. The van der Waals surface area contributed by atoms with Gasteiger partial charge in [-0.2, -0.15) is 0 Å². The van der Waals surface area contributed by atoms with E-state index in [2.05, 4.69) is 5.92 Å². The standard InChI is InChI=1S/C8H12O/c1-3-5-7-8(9)6-4-2/h1H,4-7H2,2H3. The van der Waals surface area contributed by atoms with Gasteiger partial charge in [0, 0.05) is 19.3 Å². The van der Waals surface area contributed by atoms with Gasteiger partial charge in [0.1, 0.15) is 5.78 Å². The van der Waals surface area contributed by atoms with Gasteiger partial charge in [-0.25, -0.2) is 0 Å². The summed E-state index contributed by atoms with van der Waals surface area (Å²) in [5.41, 5.74) is 0. The summed E-state index contributed by atoms with van der Waals surface area (Å²) in [6.07, 6.45) is 7.74. The number of carbonyl (C=O) groups is 1. The minimum atomic E-state index is 0.287. The van der Waals surface area contributed by atoms with Gasteiger partial charge in [-0.1, -0.05) is 6.92 Å². The van der Waals surface area contributed by atoms with Crippen LogP contribution in [0, 0.1) is 12.3 Å². The highest BCUT2D eigenvalue weighted by Gasteiger charge is 1.96. The average Bonchev–Trinajstić information content (AvgIpc) is 1.85. The van der Waals surface area contributed by atoms with E-state index in [0.29, 0.717) is 19.3 Å². The van der Waals surface area contributed by atoms with Gasteiger partial charge >= 0.3 is 0 Å². The molecule has 0 saturated heterocycles. The number of Topliss-reactive ketones (excluding diaryl/α,β-unsaturated/α-hetero) is 1. The van der Waals surface area contributed by atoms with E-state index in [1.165, 1.54) is 0 Å². The Bertz CT molecular complexity index is 119. The lowest BCUT2D eigenvalue weighted by Gasteiger charge is -1.91. The molecule has 0 aromatic carbocycles. The van der Waals surface area contributed by atoms with E-state index in [1.807, 2.05) is 6.92 Å². The zero-order valence-electron chi connectivity index (χ0n) is 5.81. The molecule has 0 bridgehead atoms. The minimum absolute atomic E-state index is 0.287. The minimum Gasteiger partial charge on any atom is -0.300 e. The Morgan fingerprint density at radius 3 is 2.67 bits per heavy atom. The second kappa shape index (κ2) is 5.37. The van der Waals surface area contributed by atoms with Crippen molar-refractivity contribution in [2.45, 2.75) is 32.6 Å². The zero-order valence-corrected chi connectivity index (χ0v) is 5.81. The molecule has 0 aromatic heterocycles. The molecule has 50 valence electrons. The van der Waals surface area contributed by atoms with Gasteiger partial charge in [-0.05, 0) is 6.42 Å². The molecule has 0 fully saturated rings. The molecule has 0 aliphatic carbocycles. The fourth-order valence-corrected chi connectivity index (χ4v) is 0.615. The molecular formula is C8H12O. The van der Waals surface area contributed by atoms with Crippen LogP contribution in [0.4, 0.5) is 0 Å². The van der Waals surface area contributed by atoms with E-state index in [9.17, 15) is 4.79 Å². The first-order valence-electron chi connectivity index (χ1n) is 3.26. The molecule has 1 heteroatoms. The average molecular weight is 124 g/mol. The normalized spacial score (nSPS) is 8.44. The smallest absolute Gasteiger partial charge is 0.133 e. The number of rotatable bonds is 4. The molecule has 0 radical (unpaired) electrons. The maximum atomic E-state index is 10.7. The van der Waals surface area contributed by atoms with Gasteiger partial charge in [0.15, 0.2) is 0 Å². The van der Waals surface area contributed by atoms with Crippen molar-refractivity contribution in [3.63, 3.8) is 0 Å². The van der Waals surface area contributed by atoms with Crippen LogP contribution < -0.4 is 0 Å². The quantitative estimate of drug-likeness (QED) is 0.522. The number of terminal acetylenes is 1. The predicted molar refractivity (Wildman–Crippen MR) is 38.0 cm³/mol. The first-order valence-corrected chi connectivity index (χ1v) is 3.26. The van der Waals surface area contributed by atoms with Crippen LogP contribution in [0.15, 0.2) is 0 Å². The van der Waals surface area contributed by atoms with Crippen LogP contribution in [0.5, 0.6) is 0 Å². The molecule has 0 aliphatic rings. The van der Waals surface area contributed by atoms with Crippen molar-refractivity contribution in [2.24, 2.45) is 0 Å². The molecule has 0 spiro atoms. The highest BCUT2D eigenvalue weighted by molar-refractivity contribution is 5.78. The molecule has 0 aromatic rings. The summed E-state index contributed by atoms with van der Waals surface area (Å²) in [6, 6.07) is 0. The van der Waals surface area contributed by atoms with Crippen molar-refractivity contribution in [1.82, 2.24) is 0 Å². The zero-order chi connectivity index (χ0) is 7.11. The van der Waals surface area contributed by atoms with Crippen LogP contribution in [0.25, 0.3) is 0 Å². The summed E-state index contributed by atoms with van der Waals surface area (Å²) in [7, 11) is 0. The Morgan fingerprint density at radius 2 is 2.22 bits per heavy atom. The van der Waals surface area contributed by atoms with Crippen LogP contribution in [0.1, 0.15) is 32.6 Å². The molecule has 0 aliphatic heterocycles. The number of hydrogen-bond acceptors (Lipinski definition) is 1. The molecule has 0 saturated carbocycles. The lowest BCUT2D eigenvalue weighted by molar-refractivity contribution is -0.119. The van der Waals surface area contributed by atoms with Crippen LogP contribution >= 0.6 is 0 Å². The van der Waals surface area contributed by atoms with Gasteiger partial charge in [-0.3, -0.25) is 4.79 Å². The van der Waals surface area contributed by atoms with E-state index in [-0.39, 0.29) is 5.78 Å². The molecule has 0 rings (SSSR count). The fraction of sp³-hybridized carbons (Fsp3) is 0.625. The van der Waals surface area contributed by atoms with Crippen LogP contribution in [-0.2, 0) is 4.79 Å². The SMILES string of the molecule is C#CCCC(=O)CCC. The maximum absolute atomic E-state index is 10.7. The van der Waals surface area contributed by atoms with Crippen molar-refractivity contribution in [1.29, 1.82) is 0 Å². The Morgan fingerprint density at radius 1 is 1.56 bits per heavy atom. The lowest BCUT2D eigenvalue weighted by atomic mass is 10.1. The van der Waals surface area contributed by atoms with E-state index in [1.54, 1.807) is 0 Å². The topological polar surface area (TPSA) is 17.1 Å². The second-order valence-corrected chi connectivity index (χ2v) is 1.99. The van der Waals surface area contributed by atoms with Crippen molar-refractivity contribution >= 4 is 5.78 Å². The van der Waals surface area contributed by atoms with Crippen molar-refractivity contribution < 1.29 is 4.79 Å². The molecule has 0 atom stereocenters. The molecule has 1 nitrogen and oxygen atoms in total. The molecule has 9 heavy (non-hydrogen) atoms. The van der Waals surface area contributed by atoms with E-state index in [4.69, 9.17) is 6.42 Å². The van der Waals surface area contributed by atoms with Crippen molar-refractivity contribution in [2.75, 3.05) is 0 Å². The molecule has 0 N–H and O–H groups in total. The maximum Gasteiger partial charge on any atom is 0.133 e. The second-order valence-electron chi connectivity index (χ2n) is 1.99. The van der Waals surface area contributed by atoms with Gasteiger partial charge in [-0.15, -0.1) is 12.3 Å². The van der Waals surface area contributed by atoms with E-state index in [0.717, 1.165) is 6.42 Å². The summed E-state index contributed by atoms with van der Waals surface area (Å²) in [6.45, 7) is 1.99. The van der Waals surface area contributed by atoms with Crippen LogP contribution in [-0.4, -0.2) is 5.78 Å². The van der Waals surface area contributed by atoms with Crippen molar-refractivity contribution in [3.8, 4) is 12.3 Å². The van der Waals surface area contributed by atoms with Gasteiger partial charge in [0.25, 0.3) is 0 Å². The highest BCUT2D eigenvalue weighted by atomic mass is 16.1. The third kappa shape index (κ3) is 5.10. The molecule has 0 amide bonds. The summed E-state index contributed by atoms with van der Waals surface area (Å²) in [5, 5.41) is 0. The van der Waals surface area contributed by atoms with Crippen LogP contribution in [0.3, 0.4) is 0 Å². The Labute approximate surface area is 56.5 Å². The summed E-state index contributed by atoms with van der Waals surface area (Å²) in [4.78, 5) is 10.7. The Kier molecular flexibility index (Phi) is 4.91. The monoisotopic (exact) mass is 124 g/mol.